The van der Waals surface area contributed by atoms with Crippen molar-refractivity contribution in [1.82, 2.24) is 5.32 Å². The third-order valence-corrected chi connectivity index (χ3v) is 3.91. The molecule has 0 spiro atoms. The van der Waals surface area contributed by atoms with Gasteiger partial charge in [0.25, 0.3) is 5.91 Å². The molecule has 27 heavy (non-hydrogen) atoms. The Morgan fingerprint density at radius 1 is 1.07 bits per heavy atom. The zero-order chi connectivity index (χ0) is 19.4. The number of carbonyl (C=O) groups is 1. The molecular formula is C20H18F3NO3. The summed E-state index contributed by atoms with van der Waals surface area (Å²) in [5.74, 6) is -0.103. The van der Waals surface area contributed by atoms with E-state index in [-0.39, 0.29) is 24.8 Å². The van der Waals surface area contributed by atoms with Crippen LogP contribution in [0.25, 0.3) is 11.0 Å². The molecule has 0 radical (unpaired) electrons. The van der Waals surface area contributed by atoms with Gasteiger partial charge in [0.2, 0.25) is 0 Å². The van der Waals surface area contributed by atoms with Gasteiger partial charge in [-0.3, -0.25) is 4.79 Å². The smallest absolute Gasteiger partial charge is 0.411 e. The Morgan fingerprint density at radius 2 is 1.78 bits per heavy atom. The lowest BCUT2D eigenvalue weighted by atomic mass is 10.1. The van der Waals surface area contributed by atoms with E-state index in [9.17, 15) is 18.0 Å². The van der Waals surface area contributed by atoms with E-state index in [2.05, 4.69) is 10.1 Å². The van der Waals surface area contributed by atoms with Crippen LogP contribution < -0.4 is 5.32 Å². The fourth-order valence-electron chi connectivity index (χ4n) is 2.58. The fraction of sp³-hybridized carbons (Fsp3) is 0.250. The van der Waals surface area contributed by atoms with Crippen molar-refractivity contribution < 1.29 is 27.1 Å². The number of halogens is 3. The van der Waals surface area contributed by atoms with Crippen molar-refractivity contribution in [3.63, 3.8) is 0 Å². The van der Waals surface area contributed by atoms with E-state index in [0.717, 1.165) is 16.5 Å². The standard InChI is InChI=1S/C20H18F3NO3/c1-13-2-7-17-16(8-13)9-18(27-17)19(25)24-10-14-3-5-15(6-4-14)11-26-12-20(21,22)23/h2-9H,10-12H2,1H3,(H,24,25). The SMILES string of the molecule is Cc1ccc2oc(C(=O)NCc3ccc(COCC(F)(F)F)cc3)cc2c1. The van der Waals surface area contributed by atoms with Crippen molar-refractivity contribution in [2.45, 2.75) is 26.3 Å². The van der Waals surface area contributed by atoms with Gasteiger partial charge in [-0.15, -0.1) is 0 Å². The fourth-order valence-corrected chi connectivity index (χ4v) is 2.58. The molecule has 0 fully saturated rings. The lowest BCUT2D eigenvalue weighted by molar-refractivity contribution is -0.176. The highest BCUT2D eigenvalue weighted by molar-refractivity contribution is 5.96. The molecule has 7 heteroatoms. The molecule has 142 valence electrons. The molecule has 1 aromatic heterocycles. The Kier molecular flexibility index (Phi) is 5.51. The topological polar surface area (TPSA) is 51.5 Å². The maximum Gasteiger partial charge on any atom is 0.411 e. The Morgan fingerprint density at radius 3 is 2.48 bits per heavy atom. The second-order valence-electron chi connectivity index (χ2n) is 6.26. The van der Waals surface area contributed by atoms with Crippen molar-refractivity contribution in [1.29, 1.82) is 0 Å². The van der Waals surface area contributed by atoms with E-state index < -0.39 is 12.8 Å². The number of ether oxygens (including phenoxy) is 1. The molecule has 3 aromatic rings. The van der Waals surface area contributed by atoms with Crippen LogP contribution in [0, 0.1) is 6.92 Å². The highest BCUT2D eigenvalue weighted by Gasteiger charge is 2.27. The summed E-state index contributed by atoms with van der Waals surface area (Å²) in [6.45, 7) is 0.842. The molecule has 0 saturated heterocycles. The van der Waals surface area contributed by atoms with Gasteiger partial charge in [0.15, 0.2) is 5.76 Å². The maximum atomic E-state index is 12.2. The molecule has 4 nitrogen and oxygen atoms in total. The second kappa shape index (κ2) is 7.84. The lowest BCUT2D eigenvalue weighted by Gasteiger charge is -2.08. The van der Waals surface area contributed by atoms with E-state index in [0.29, 0.717) is 11.1 Å². The number of nitrogens with one attached hydrogen (secondary N) is 1. The van der Waals surface area contributed by atoms with Crippen molar-refractivity contribution in [3.8, 4) is 0 Å². The number of rotatable bonds is 6. The first-order valence-corrected chi connectivity index (χ1v) is 8.31. The summed E-state index contributed by atoms with van der Waals surface area (Å²) in [5, 5.41) is 3.62. The van der Waals surface area contributed by atoms with Crippen molar-refractivity contribution in [2.75, 3.05) is 6.61 Å². The average Bonchev–Trinajstić information content (AvgIpc) is 3.03. The minimum Gasteiger partial charge on any atom is -0.451 e. The van der Waals surface area contributed by atoms with Crippen LogP contribution in [0.1, 0.15) is 27.2 Å². The lowest BCUT2D eigenvalue weighted by Crippen LogP contribution is -2.22. The summed E-state index contributed by atoms with van der Waals surface area (Å²) >= 11 is 0. The number of aryl methyl sites for hydroxylation is 1. The van der Waals surface area contributed by atoms with Crippen LogP contribution in [0.5, 0.6) is 0 Å². The largest absolute Gasteiger partial charge is 0.451 e. The summed E-state index contributed by atoms with van der Waals surface area (Å²) < 4.78 is 46.3. The minimum absolute atomic E-state index is 0.120. The van der Waals surface area contributed by atoms with Crippen LogP contribution in [-0.4, -0.2) is 18.7 Å². The highest BCUT2D eigenvalue weighted by Crippen LogP contribution is 2.20. The van der Waals surface area contributed by atoms with Crippen LogP contribution in [0.3, 0.4) is 0 Å². The number of hydrogen-bond acceptors (Lipinski definition) is 3. The van der Waals surface area contributed by atoms with E-state index >= 15 is 0 Å². The Labute approximate surface area is 153 Å². The van der Waals surface area contributed by atoms with Crippen molar-refractivity contribution in [3.05, 3.63) is 71.0 Å². The van der Waals surface area contributed by atoms with Crippen LogP contribution >= 0.6 is 0 Å². The van der Waals surface area contributed by atoms with E-state index in [1.807, 2.05) is 25.1 Å². The number of furan rings is 1. The van der Waals surface area contributed by atoms with Gasteiger partial charge in [0.05, 0.1) is 6.61 Å². The summed E-state index contributed by atoms with van der Waals surface area (Å²) in [7, 11) is 0. The maximum absolute atomic E-state index is 12.2. The molecule has 0 saturated carbocycles. The van der Waals surface area contributed by atoms with Gasteiger partial charge in [-0.1, -0.05) is 35.9 Å². The monoisotopic (exact) mass is 377 g/mol. The summed E-state index contributed by atoms with van der Waals surface area (Å²) in [6.07, 6.45) is -4.33. The second-order valence-corrected chi connectivity index (χ2v) is 6.26. The zero-order valence-corrected chi connectivity index (χ0v) is 14.6. The van der Waals surface area contributed by atoms with Crippen LogP contribution in [0.15, 0.2) is 52.9 Å². The zero-order valence-electron chi connectivity index (χ0n) is 14.6. The van der Waals surface area contributed by atoms with E-state index in [4.69, 9.17) is 4.42 Å². The molecule has 0 atom stereocenters. The molecule has 3 rings (SSSR count). The van der Waals surface area contributed by atoms with Gasteiger partial charge in [0.1, 0.15) is 12.2 Å². The molecular weight excluding hydrogens is 359 g/mol. The van der Waals surface area contributed by atoms with Gasteiger partial charge >= 0.3 is 6.18 Å². The highest BCUT2D eigenvalue weighted by atomic mass is 19.4. The summed E-state index contributed by atoms with van der Waals surface area (Å²) in [6, 6.07) is 14.2. The van der Waals surface area contributed by atoms with Gasteiger partial charge < -0.3 is 14.5 Å². The van der Waals surface area contributed by atoms with Gasteiger partial charge in [-0.2, -0.15) is 13.2 Å². The molecule has 1 amide bonds. The predicted molar refractivity (Wildman–Crippen MR) is 94.3 cm³/mol. The third-order valence-electron chi connectivity index (χ3n) is 3.91. The van der Waals surface area contributed by atoms with Crippen molar-refractivity contribution in [2.24, 2.45) is 0 Å². The number of amides is 1. The Hall–Kier alpha value is -2.80. The van der Waals surface area contributed by atoms with E-state index in [1.54, 1.807) is 30.3 Å². The normalized spacial score (nSPS) is 11.7. The quantitative estimate of drug-likeness (QED) is 0.674. The summed E-state index contributed by atoms with van der Waals surface area (Å²) in [5.41, 5.74) is 3.17. The number of alkyl halides is 3. The Balaban J connectivity index is 1.53. The predicted octanol–water partition coefficient (Wildman–Crippen LogP) is 4.75. The first-order chi connectivity index (χ1) is 12.8. The van der Waals surface area contributed by atoms with Crippen molar-refractivity contribution >= 4 is 16.9 Å². The molecule has 1 heterocycles. The molecule has 0 aliphatic carbocycles. The number of fused-ring (bicyclic) bond motifs is 1. The van der Waals surface area contributed by atoms with Crippen LogP contribution in [0.2, 0.25) is 0 Å². The summed E-state index contributed by atoms with van der Waals surface area (Å²) in [4.78, 5) is 12.2. The number of carbonyl (C=O) groups excluding carboxylic acids is 1. The molecule has 2 aromatic carbocycles. The number of benzene rings is 2. The molecule has 0 aliphatic rings. The van der Waals surface area contributed by atoms with Gasteiger partial charge in [-0.05, 0) is 36.2 Å². The average molecular weight is 377 g/mol. The molecule has 1 N–H and O–H groups in total. The van der Waals surface area contributed by atoms with Gasteiger partial charge in [-0.25, -0.2) is 0 Å². The van der Waals surface area contributed by atoms with E-state index in [1.165, 1.54) is 0 Å². The van der Waals surface area contributed by atoms with Crippen LogP contribution in [0.4, 0.5) is 13.2 Å². The molecule has 0 bridgehead atoms. The minimum atomic E-state index is -4.33. The number of hydrogen-bond donors (Lipinski definition) is 1. The molecule has 0 unspecified atom stereocenters. The first-order valence-electron chi connectivity index (χ1n) is 8.31. The third kappa shape index (κ3) is 5.34. The Bertz CT molecular complexity index is 930. The first kappa shape index (κ1) is 19.0. The van der Waals surface area contributed by atoms with Crippen LogP contribution in [-0.2, 0) is 17.9 Å². The molecule has 0 aliphatic heterocycles. The van der Waals surface area contributed by atoms with Gasteiger partial charge in [0, 0.05) is 11.9 Å².